The standard InChI is InChI=1S/C50H55N3O12/c1-4-26-61-50-46(52(2)49(57)64-37-18-16-36(17-19-37)53(58)59)30-43(51-62-32-33-12-6-5-7-13-33)41-28-34(14-8-10-24-54)40(15-9-11-25-55)47(48(41)50)42-29-39(21-23-45(42)65-50)63-38-20-22-44(60-3)35(27-38)31-56/h4-7,12-13,16-23,27-29,31,34,40,46-48,54-55H,1,8-11,14-15,24-26,30,32H2,2-3H3/t34-,40+,46-,47+,48+,50+/m0/s1. The van der Waals surface area contributed by atoms with Crippen LogP contribution in [0.15, 0.2) is 120 Å². The van der Waals surface area contributed by atoms with E-state index < -0.39 is 28.8 Å². The molecular weight excluding hydrogens is 835 g/mol. The molecule has 0 radical (unpaired) electrons. The summed E-state index contributed by atoms with van der Waals surface area (Å²) in [7, 11) is 3.09. The molecule has 1 amide bonds. The number of nitro benzene ring substituents is 1. The van der Waals surface area contributed by atoms with Gasteiger partial charge in [0.25, 0.3) is 5.69 Å². The predicted octanol–water partition coefficient (Wildman–Crippen LogP) is 9.17. The lowest BCUT2D eigenvalue weighted by Crippen LogP contribution is -2.69. The number of benzene rings is 4. The molecule has 0 bridgehead atoms. The number of amides is 1. The second kappa shape index (κ2) is 21.4. The summed E-state index contributed by atoms with van der Waals surface area (Å²) in [6, 6.07) is 24.6. The summed E-state index contributed by atoms with van der Waals surface area (Å²) in [6.07, 6.45) is 8.12. The Labute approximate surface area is 378 Å². The van der Waals surface area contributed by atoms with Crippen molar-refractivity contribution in [2.75, 3.05) is 34.0 Å². The lowest BCUT2D eigenvalue weighted by atomic mass is 9.55. The second-order valence-electron chi connectivity index (χ2n) is 16.4. The Bertz CT molecular complexity index is 2370. The smallest absolute Gasteiger partial charge is 0.415 e. The number of aldehydes is 1. The van der Waals surface area contributed by atoms with Crippen LogP contribution in [-0.4, -0.2) is 83.9 Å². The average Bonchev–Trinajstić information content (AvgIpc) is 3.32. The number of carbonyl (C=O) groups is 2. The van der Waals surface area contributed by atoms with Crippen molar-refractivity contribution in [2.24, 2.45) is 22.9 Å². The van der Waals surface area contributed by atoms with Crippen LogP contribution < -0.4 is 18.9 Å². The first-order valence-corrected chi connectivity index (χ1v) is 21.9. The first kappa shape index (κ1) is 46.4. The summed E-state index contributed by atoms with van der Waals surface area (Å²) >= 11 is 0. The molecule has 3 aliphatic rings. The number of ether oxygens (including phenoxy) is 5. The van der Waals surface area contributed by atoms with Gasteiger partial charge in [-0.05, 0) is 97.2 Å². The lowest BCUT2D eigenvalue weighted by molar-refractivity contribution is -0.384. The molecule has 0 saturated heterocycles. The van der Waals surface area contributed by atoms with Gasteiger partial charge in [-0.15, -0.1) is 6.58 Å². The summed E-state index contributed by atoms with van der Waals surface area (Å²) in [5, 5.41) is 36.1. The van der Waals surface area contributed by atoms with Gasteiger partial charge >= 0.3 is 6.09 Å². The SMILES string of the molecule is C=CCO[C@@]12Oc3ccc(Oc4ccc(OC)c(C=O)c4)cc3[C@H]3[C@H](CCCCO)[C@@H](CCCCO)C=C(C(=NOCc4ccccc4)C[C@@H]1N(C)C(=O)Oc1ccc([N+](=O)[O-])cc1)[C@H]32. The van der Waals surface area contributed by atoms with Crippen molar-refractivity contribution in [1.29, 1.82) is 0 Å². The van der Waals surface area contributed by atoms with Gasteiger partial charge in [-0.2, -0.15) is 0 Å². The number of carbonyl (C=O) groups excluding carboxylic acids is 2. The van der Waals surface area contributed by atoms with Crippen LogP contribution >= 0.6 is 0 Å². The van der Waals surface area contributed by atoms with E-state index >= 15 is 0 Å². The molecule has 342 valence electrons. The molecule has 1 saturated carbocycles. The second-order valence-corrected chi connectivity index (χ2v) is 16.4. The largest absolute Gasteiger partial charge is 0.496 e. The first-order valence-electron chi connectivity index (χ1n) is 21.9. The number of nitro groups is 1. The maximum Gasteiger partial charge on any atom is 0.415 e. The van der Waals surface area contributed by atoms with Crippen LogP contribution in [0.5, 0.6) is 28.7 Å². The first-order chi connectivity index (χ1) is 31.6. The fourth-order valence-corrected chi connectivity index (χ4v) is 9.49. The Morgan fingerprint density at radius 3 is 2.37 bits per heavy atom. The molecular formula is C50H55N3O12. The van der Waals surface area contributed by atoms with Crippen LogP contribution in [0.3, 0.4) is 0 Å². The van der Waals surface area contributed by atoms with E-state index in [-0.39, 0.29) is 62.0 Å². The summed E-state index contributed by atoms with van der Waals surface area (Å²) in [5.74, 6) is -0.610. The van der Waals surface area contributed by atoms with Gasteiger partial charge in [0.05, 0.1) is 35.8 Å². The molecule has 2 aliphatic carbocycles. The molecule has 0 aromatic heterocycles. The van der Waals surface area contributed by atoms with Gasteiger partial charge in [0.2, 0.25) is 5.79 Å². The molecule has 15 nitrogen and oxygen atoms in total. The average molecular weight is 890 g/mol. The van der Waals surface area contributed by atoms with Gasteiger partial charge in [0, 0.05) is 50.3 Å². The van der Waals surface area contributed by atoms with E-state index in [4.69, 9.17) is 33.7 Å². The predicted molar refractivity (Wildman–Crippen MR) is 242 cm³/mol. The van der Waals surface area contributed by atoms with Crippen molar-refractivity contribution in [3.05, 3.63) is 142 Å². The van der Waals surface area contributed by atoms with E-state index in [9.17, 15) is 29.9 Å². The van der Waals surface area contributed by atoms with Gasteiger partial charge in [0.1, 0.15) is 41.4 Å². The van der Waals surface area contributed by atoms with Crippen molar-refractivity contribution in [1.82, 2.24) is 4.90 Å². The molecule has 2 N–H and O–H groups in total. The van der Waals surface area contributed by atoms with E-state index in [1.165, 1.54) is 36.3 Å². The molecule has 0 unspecified atom stereocenters. The third-order valence-electron chi connectivity index (χ3n) is 12.5. The van der Waals surface area contributed by atoms with Crippen molar-refractivity contribution in [2.45, 2.75) is 69.3 Å². The fraction of sp³-hybridized carbons (Fsp3) is 0.380. The molecule has 7 rings (SSSR count). The van der Waals surface area contributed by atoms with Gasteiger partial charge < -0.3 is 43.6 Å². The van der Waals surface area contributed by atoms with E-state index in [0.717, 1.165) is 42.4 Å². The van der Waals surface area contributed by atoms with Crippen LogP contribution in [-0.2, 0) is 16.2 Å². The summed E-state index contributed by atoms with van der Waals surface area (Å²) in [5.41, 5.74) is 3.37. The van der Waals surface area contributed by atoms with Crippen molar-refractivity contribution < 1.29 is 53.2 Å². The molecule has 1 fully saturated rings. The molecule has 1 heterocycles. The van der Waals surface area contributed by atoms with Crippen LogP contribution in [0.4, 0.5) is 10.5 Å². The Morgan fingerprint density at radius 1 is 0.969 bits per heavy atom. The Balaban J connectivity index is 1.39. The van der Waals surface area contributed by atoms with E-state index in [1.807, 2.05) is 42.5 Å². The normalized spacial score (nSPS) is 22.3. The molecule has 6 atom stereocenters. The summed E-state index contributed by atoms with van der Waals surface area (Å²) in [6.45, 7) is 4.30. The number of hydrogen-bond donors (Lipinski definition) is 2. The zero-order chi connectivity index (χ0) is 45.9. The zero-order valence-corrected chi connectivity index (χ0v) is 36.6. The summed E-state index contributed by atoms with van der Waals surface area (Å²) in [4.78, 5) is 44.7. The molecule has 15 heteroatoms. The Hall–Kier alpha value is -6.55. The number of nitrogens with zero attached hydrogens (tertiary/aromatic N) is 3. The van der Waals surface area contributed by atoms with E-state index in [0.29, 0.717) is 53.4 Å². The van der Waals surface area contributed by atoms with Crippen LogP contribution in [0, 0.1) is 27.9 Å². The Kier molecular flexibility index (Phi) is 15.3. The highest BCUT2D eigenvalue weighted by molar-refractivity contribution is 6.03. The van der Waals surface area contributed by atoms with Gasteiger partial charge in [-0.1, -0.05) is 60.5 Å². The number of non-ortho nitro benzene ring substituents is 1. The number of likely N-dealkylation sites (N-methyl/N-ethyl adjacent to an activating group) is 1. The quantitative estimate of drug-likeness (QED) is 0.0266. The summed E-state index contributed by atoms with van der Waals surface area (Å²) < 4.78 is 31.8. The lowest BCUT2D eigenvalue weighted by Gasteiger charge is -2.59. The molecule has 65 heavy (non-hydrogen) atoms. The monoisotopic (exact) mass is 889 g/mol. The van der Waals surface area contributed by atoms with Gasteiger partial charge in [-0.25, -0.2) is 4.79 Å². The van der Waals surface area contributed by atoms with Crippen molar-refractivity contribution in [3.63, 3.8) is 0 Å². The van der Waals surface area contributed by atoms with Crippen LogP contribution in [0.25, 0.3) is 0 Å². The Morgan fingerprint density at radius 2 is 1.68 bits per heavy atom. The minimum atomic E-state index is -1.55. The minimum Gasteiger partial charge on any atom is -0.496 e. The minimum absolute atomic E-state index is 0.0124. The number of methoxy groups -OCH3 is 1. The number of unbranched alkanes of at least 4 members (excludes halogenated alkanes) is 2. The molecule has 4 aromatic rings. The maximum absolute atomic E-state index is 14.3. The number of allylic oxidation sites excluding steroid dienone is 1. The highest BCUT2D eigenvalue weighted by atomic mass is 16.7. The zero-order valence-electron chi connectivity index (χ0n) is 36.6. The third kappa shape index (κ3) is 10.2. The van der Waals surface area contributed by atoms with Crippen LogP contribution in [0.2, 0.25) is 0 Å². The third-order valence-corrected chi connectivity index (χ3v) is 12.5. The highest BCUT2D eigenvalue weighted by Crippen LogP contribution is 2.62. The van der Waals surface area contributed by atoms with Gasteiger partial charge in [-0.3, -0.25) is 14.9 Å². The van der Waals surface area contributed by atoms with Crippen LogP contribution in [0.1, 0.15) is 72.3 Å². The maximum atomic E-state index is 14.3. The van der Waals surface area contributed by atoms with E-state index in [1.54, 1.807) is 37.4 Å². The number of oxime groups is 1. The van der Waals surface area contributed by atoms with Crippen molar-refractivity contribution >= 4 is 23.8 Å². The number of hydrogen-bond acceptors (Lipinski definition) is 13. The number of aliphatic hydroxyl groups is 2. The fourth-order valence-electron chi connectivity index (χ4n) is 9.49. The van der Waals surface area contributed by atoms with E-state index in [2.05, 4.69) is 12.7 Å². The number of aliphatic hydroxyl groups excluding tert-OH is 2. The number of rotatable bonds is 21. The topological polar surface area (TPSA) is 189 Å². The van der Waals surface area contributed by atoms with Gasteiger partial charge in [0.15, 0.2) is 6.29 Å². The molecule has 1 aliphatic heterocycles. The van der Waals surface area contributed by atoms with Crippen molar-refractivity contribution in [3.8, 4) is 28.7 Å². The number of fused-ring (bicyclic) bond motifs is 2. The molecule has 0 spiro atoms. The molecule has 4 aromatic carbocycles. The highest BCUT2D eigenvalue weighted by Gasteiger charge is 2.65.